The molecule has 0 saturated carbocycles. The van der Waals surface area contributed by atoms with Crippen molar-refractivity contribution in [2.75, 3.05) is 6.54 Å². The molecule has 0 aliphatic carbocycles. The van der Waals surface area contributed by atoms with E-state index < -0.39 is 0 Å². The smallest absolute Gasteiger partial charge is 0.150 e. The van der Waals surface area contributed by atoms with Crippen LogP contribution in [0.15, 0.2) is 24.3 Å². The van der Waals surface area contributed by atoms with E-state index in [9.17, 15) is 4.79 Å². The molecule has 0 aliphatic heterocycles. The zero-order valence-corrected chi connectivity index (χ0v) is 8.79. The summed E-state index contributed by atoms with van der Waals surface area (Å²) in [5.41, 5.74) is 1.86. The minimum Gasteiger partial charge on any atom is -0.310 e. The SMILES string of the molecule is CCCN[C@H](C)c1ccccc1C=O. The average molecular weight is 191 g/mol. The number of hydrogen-bond donors (Lipinski definition) is 1. The second kappa shape index (κ2) is 5.55. The Kier molecular flexibility index (Phi) is 4.33. The van der Waals surface area contributed by atoms with Crippen LogP contribution in [0.4, 0.5) is 0 Å². The molecule has 0 radical (unpaired) electrons. The fraction of sp³-hybridized carbons (Fsp3) is 0.417. The van der Waals surface area contributed by atoms with Crippen molar-refractivity contribution in [3.8, 4) is 0 Å². The lowest BCUT2D eigenvalue weighted by molar-refractivity contribution is 0.112. The molecule has 0 fully saturated rings. The Morgan fingerprint density at radius 3 is 2.79 bits per heavy atom. The van der Waals surface area contributed by atoms with Crippen LogP contribution in [0.25, 0.3) is 0 Å². The highest BCUT2D eigenvalue weighted by atomic mass is 16.1. The molecule has 0 spiro atoms. The maximum Gasteiger partial charge on any atom is 0.150 e. The van der Waals surface area contributed by atoms with Gasteiger partial charge in [0.05, 0.1) is 0 Å². The first-order valence-electron chi connectivity index (χ1n) is 5.07. The van der Waals surface area contributed by atoms with E-state index >= 15 is 0 Å². The largest absolute Gasteiger partial charge is 0.310 e. The van der Waals surface area contributed by atoms with E-state index in [1.54, 1.807) is 0 Å². The zero-order valence-electron chi connectivity index (χ0n) is 8.79. The van der Waals surface area contributed by atoms with E-state index in [0.717, 1.165) is 30.4 Å². The van der Waals surface area contributed by atoms with Gasteiger partial charge in [-0.3, -0.25) is 4.79 Å². The van der Waals surface area contributed by atoms with Crippen molar-refractivity contribution >= 4 is 6.29 Å². The maximum absolute atomic E-state index is 10.8. The minimum absolute atomic E-state index is 0.247. The number of carbonyl (C=O) groups is 1. The van der Waals surface area contributed by atoms with Gasteiger partial charge in [-0.25, -0.2) is 0 Å². The summed E-state index contributed by atoms with van der Waals surface area (Å²) in [7, 11) is 0. The predicted molar refractivity (Wildman–Crippen MR) is 58.5 cm³/mol. The number of rotatable bonds is 5. The van der Waals surface area contributed by atoms with Gasteiger partial charge in [-0.2, -0.15) is 0 Å². The maximum atomic E-state index is 10.8. The lowest BCUT2D eigenvalue weighted by atomic mass is 10.0. The van der Waals surface area contributed by atoms with Crippen molar-refractivity contribution in [1.29, 1.82) is 0 Å². The van der Waals surface area contributed by atoms with Crippen molar-refractivity contribution in [1.82, 2.24) is 5.32 Å². The second-order valence-electron chi connectivity index (χ2n) is 3.42. The van der Waals surface area contributed by atoms with E-state index in [2.05, 4.69) is 19.2 Å². The molecule has 2 nitrogen and oxygen atoms in total. The minimum atomic E-state index is 0.247. The highest BCUT2D eigenvalue weighted by molar-refractivity contribution is 5.77. The van der Waals surface area contributed by atoms with Gasteiger partial charge in [0.25, 0.3) is 0 Å². The molecule has 2 heteroatoms. The molecule has 14 heavy (non-hydrogen) atoms. The first-order valence-corrected chi connectivity index (χ1v) is 5.07. The van der Waals surface area contributed by atoms with Gasteiger partial charge < -0.3 is 5.32 Å². The molecule has 1 rings (SSSR count). The molecule has 0 aliphatic rings. The van der Waals surface area contributed by atoms with Gasteiger partial charge in [-0.05, 0) is 25.5 Å². The Bertz CT molecular complexity index is 296. The summed E-state index contributed by atoms with van der Waals surface area (Å²) in [4.78, 5) is 10.8. The standard InChI is InChI=1S/C12H17NO/c1-3-8-13-10(2)12-7-5-4-6-11(12)9-14/h4-7,9-10,13H,3,8H2,1-2H3/t10-/m1/s1. The van der Waals surface area contributed by atoms with Crippen LogP contribution in [-0.4, -0.2) is 12.8 Å². The van der Waals surface area contributed by atoms with Gasteiger partial charge >= 0.3 is 0 Å². The van der Waals surface area contributed by atoms with E-state index in [-0.39, 0.29) is 6.04 Å². The molecular formula is C12H17NO. The molecule has 1 aromatic carbocycles. The van der Waals surface area contributed by atoms with Crippen LogP contribution in [0, 0.1) is 0 Å². The highest BCUT2D eigenvalue weighted by Crippen LogP contribution is 2.15. The molecule has 1 atom stereocenters. The Balaban J connectivity index is 2.77. The van der Waals surface area contributed by atoms with Crippen molar-refractivity contribution < 1.29 is 4.79 Å². The third-order valence-electron chi connectivity index (χ3n) is 2.29. The topological polar surface area (TPSA) is 29.1 Å². The Morgan fingerprint density at radius 2 is 2.14 bits per heavy atom. The lowest BCUT2D eigenvalue weighted by Crippen LogP contribution is -2.20. The Labute approximate surface area is 85.3 Å². The fourth-order valence-electron chi connectivity index (χ4n) is 1.48. The van der Waals surface area contributed by atoms with E-state index in [1.165, 1.54) is 0 Å². The molecule has 1 N–H and O–H groups in total. The van der Waals surface area contributed by atoms with Gasteiger partial charge in [-0.1, -0.05) is 31.2 Å². The predicted octanol–water partition coefficient (Wildman–Crippen LogP) is 2.56. The fourth-order valence-corrected chi connectivity index (χ4v) is 1.48. The van der Waals surface area contributed by atoms with Crippen molar-refractivity contribution in [2.24, 2.45) is 0 Å². The van der Waals surface area contributed by atoms with Gasteiger partial charge in [0, 0.05) is 11.6 Å². The van der Waals surface area contributed by atoms with Crippen LogP contribution >= 0.6 is 0 Å². The number of nitrogens with one attached hydrogen (secondary N) is 1. The Hall–Kier alpha value is -1.15. The van der Waals surface area contributed by atoms with Crippen LogP contribution in [0.3, 0.4) is 0 Å². The summed E-state index contributed by atoms with van der Waals surface area (Å²) in [5.74, 6) is 0. The van der Waals surface area contributed by atoms with Crippen molar-refractivity contribution in [3.05, 3.63) is 35.4 Å². The first-order chi connectivity index (χ1) is 6.79. The van der Waals surface area contributed by atoms with Gasteiger partial charge in [0.2, 0.25) is 0 Å². The quantitative estimate of drug-likeness (QED) is 0.725. The molecular weight excluding hydrogens is 174 g/mol. The van der Waals surface area contributed by atoms with Gasteiger partial charge in [-0.15, -0.1) is 0 Å². The monoisotopic (exact) mass is 191 g/mol. The summed E-state index contributed by atoms with van der Waals surface area (Å²) in [5, 5.41) is 3.36. The van der Waals surface area contributed by atoms with E-state index in [0.29, 0.717) is 0 Å². The van der Waals surface area contributed by atoms with Crippen LogP contribution < -0.4 is 5.32 Å². The summed E-state index contributed by atoms with van der Waals surface area (Å²) in [6, 6.07) is 7.95. The summed E-state index contributed by atoms with van der Waals surface area (Å²) < 4.78 is 0. The molecule has 0 bridgehead atoms. The summed E-state index contributed by atoms with van der Waals surface area (Å²) in [6.07, 6.45) is 2.02. The zero-order chi connectivity index (χ0) is 10.4. The highest BCUT2D eigenvalue weighted by Gasteiger charge is 2.07. The molecule has 1 aromatic rings. The van der Waals surface area contributed by atoms with Crippen molar-refractivity contribution in [3.63, 3.8) is 0 Å². The Morgan fingerprint density at radius 1 is 1.43 bits per heavy atom. The van der Waals surface area contributed by atoms with E-state index in [4.69, 9.17) is 0 Å². The molecule has 0 aromatic heterocycles. The lowest BCUT2D eigenvalue weighted by Gasteiger charge is -2.15. The second-order valence-corrected chi connectivity index (χ2v) is 3.42. The summed E-state index contributed by atoms with van der Waals surface area (Å²) in [6.45, 7) is 5.19. The van der Waals surface area contributed by atoms with Crippen molar-refractivity contribution in [2.45, 2.75) is 26.3 Å². The third kappa shape index (κ3) is 2.67. The third-order valence-corrected chi connectivity index (χ3v) is 2.29. The van der Waals surface area contributed by atoms with E-state index in [1.807, 2.05) is 24.3 Å². The van der Waals surface area contributed by atoms with Crippen LogP contribution in [-0.2, 0) is 0 Å². The number of hydrogen-bond acceptors (Lipinski definition) is 2. The molecule has 0 heterocycles. The normalized spacial score (nSPS) is 12.4. The van der Waals surface area contributed by atoms with Crippen LogP contribution in [0.1, 0.15) is 42.2 Å². The van der Waals surface area contributed by atoms with Gasteiger partial charge in [0.15, 0.2) is 0 Å². The number of benzene rings is 1. The van der Waals surface area contributed by atoms with Gasteiger partial charge in [0.1, 0.15) is 6.29 Å². The molecule has 0 saturated heterocycles. The average Bonchev–Trinajstić information content (AvgIpc) is 2.25. The number of aldehydes is 1. The number of carbonyl (C=O) groups excluding carboxylic acids is 1. The molecule has 76 valence electrons. The molecule has 0 unspecified atom stereocenters. The van der Waals surface area contributed by atoms with Crippen LogP contribution in [0.5, 0.6) is 0 Å². The summed E-state index contributed by atoms with van der Waals surface area (Å²) >= 11 is 0. The molecule has 0 amide bonds. The van der Waals surface area contributed by atoms with Crippen LogP contribution in [0.2, 0.25) is 0 Å². The first kappa shape index (κ1) is 10.9.